The smallest absolute Gasteiger partial charge is 0.128 e. The van der Waals surface area contributed by atoms with Gasteiger partial charge in [-0.05, 0) is 54.7 Å². The maximum Gasteiger partial charge on any atom is 0.128 e. The highest BCUT2D eigenvalue weighted by Gasteiger charge is 2.24. The Morgan fingerprint density at radius 2 is 1.82 bits per heavy atom. The van der Waals surface area contributed by atoms with E-state index in [9.17, 15) is 0 Å². The summed E-state index contributed by atoms with van der Waals surface area (Å²) in [5, 5.41) is 15.3. The van der Waals surface area contributed by atoms with Crippen LogP contribution in [0.15, 0.2) is 73.8 Å². The molecule has 3 N–H and O–H groups in total. The average molecular weight is 438 g/mol. The molecular weight excluding hydrogens is 410 g/mol. The van der Waals surface area contributed by atoms with Gasteiger partial charge in [-0.1, -0.05) is 19.2 Å². The van der Waals surface area contributed by atoms with Gasteiger partial charge in [-0.3, -0.25) is 10.1 Å². The van der Waals surface area contributed by atoms with Crippen LogP contribution in [0.25, 0.3) is 27.7 Å². The van der Waals surface area contributed by atoms with Gasteiger partial charge >= 0.3 is 0 Å². The van der Waals surface area contributed by atoms with E-state index in [2.05, 4.69) is 62.2 Å². The van der Waals surface area contributed by atoms with Crippen LogP contribution >= 0.6 is 0 Å². The van der Waals surface area contributed by atoms with Gasteiger partial charge in [0.2, 0.25) is 0 Å². The normalized spacial score (nSPS) is 13.0. The molecule has 1 aromatic carbocycles. The number of benzene rings is 1. The third kappa shape index (κ3) is 4.43. The number of anilines is 3. The highest BCUT2D eigenvalue weighted by atomic mass is 15.1. The van der Waals surface area contributed by atoms with Crippen molar-refractivity contribution in [3.05, 3.63) is 79.5 Å². The lowest BCUT2D eigenvalue weighted by atomic mass is 10.0. The van der Waals surface area contributed by atoms with Crippen LogP contribution in [0.4, 0.5) is 17.2 Å². The molecule has 5 rings (SSSR count). The molecule has 1 aliphatic carbocycles. The monoisotopic (exact) mass is 437 g/mol. The first kappa shape index (κ1) is 20.8. The lowest BCUT2D eigenvalue weighted by Gasteiger charge is -2.13. The van der Waals surface area contributed by atoms with E-state index in [1.54, 1.807) is 6.20 Å². The molecular formula is C26H27N7. The van der Waals surface area contributed by atoms with Crippen LogP contribution in [-0.4, -0.2) is 34.3 Å². The van der Waals surface area contributed by atoms with Crippen LogP contribution in [0, 0.1) is 5.92 Å². The van der Waals surface area contributed by atoms with Crippen molar-refractivity contribution < 1.29 is 0 Å². The minimum atomic E-state index is 0.589. The van der Waals surface area contributed by atoms with Gasteiger partial charge in [-0.25, -0.2) is 4.98 Å². The van der Waals surface area contributed by atoms with E-state index < -0.39 is 0 Å². The first-order valence-electron chi connectivity index (χ1n) is 11.0. The molecule has 166 valence electrons. The molecule has 0 amide bonds. The summed E-state index contributed by atoms with van der Waals surface area (Å²) in [6.45, 7) is 8.36. The van der Waals surface area contributed by atoms with Crippen molar-refractivity contribution >= 4 is 33.8 Å². The second kappa shape index (κ2) is 8.43. The number of aromatic nitrogens is 4. The van der Waals surface area contributed by atoms with E-state index in [-0.39, 0.29) is 0 Å². The Bertz CT molecular complexity index is 1330. The maximum atomic E-state index is 4.50. The first-order valence-corrected chi connectivity index (χ1v) is 11.0. The van der Waals surface area contributed by atoms with Gasteiger partial charge < -0.3 is 15.5 Å². The quantitative estimate of drug-likeness (QED) is 0.337. The highest BCUT2D eigenvalue weighted by molar-refractivity contribution is 5.95. The van der Waals surface area contributed by atoms with Crippen molar-refractivity contribution in [1.29, 1.82) is 0 Å². The zero-order chi connectivity index (χ0) is 22.9. The Morgan fingerprint density at radius 3 is 2.55 bits per heavy atom. The standard InChI is InChI=1S/C26H27N7/c1-16(18-5-6-18)29-22-11-20(13-27-14-22)19-7-9-24-23(12-19)26(32-31-24)17(2)30-21-8-10-25(28-15-21)33(3)4/h7-15,18,29-30H,1-2,5-6H2,3-4H3,(H,31,32). The lowest BCUT2D eigenvalue weighted by Crippen LogP contribution is -2.10. The predicted octanol–water partition coefficient (Wildman–Crippen LogP) is 5.50. The molecule has 33 heavy (non-hydrogen) atoms. The molecule has 3 heterocycles. The molecule has 0 saturated heterocycles. The van der Waals surface area contributed by atoms with Gasteiger partial charge in [-0.15, -0.1) is 0 Å². The number of allylic oxidation sites excluding steroid dienone is 1. The Kier molecular flexibility index (Phi) is 5.30. The van der Waals surface area contributed by atoms with Crippen molar-refractivity contribution in [3.63, 3.8) is 0 Å². The minimum absolute atomic E-state index is 0.589. The third-order valence-corrected chi connectivity index (χ3v) is 5.80. The molecule has 4 aromatic rings. The van der Waals surface area contributed by atoms with E-state index in [4.69, 9.17) is 0 Å². The molecule has 1 saturated carbocycles. The number of pyridine rings is 2. The number of hydrogen-bond donors (Lipinski definition) is 3. The number of hydrogen-bond acceptors (Lipinski definition) is 6. The largest absolute Gasteiger partial charge is 0.363 e. The SMILES string of the molecule is C=C(Nc1ccc(N(C)C)nc1)c1n[nH]c2ccc(-c3cncc(NC(=C)C4CC4)c3)cc12. The van der Waals surface area contributed by atoms with Crippen LogP contribution in [0.5, 0.6) is 0 Å². The minimum Gasteiger partial charge on any atom is -0.363 e. The number of rotatable bonds is 8. The van der Waals surface area contributed by atoms with E-state index in [1.165, 1.54) is 12.8 Å². The summed E-state index contributed by atoms with van der Waals surface area (Å²) in [4.78, 5) is 10.8. The summed E-state index contributed by atoms with van der Waals surface area (Å²) in [6.07, 6.45) is 7.93. The van der Waals surface area contributed by atoms with Gasteiger partial charge in [0.25, 0.3) is 0 Å². The fraction of sp³-hybridized carbons (Fsp3) is 0.192. The van der Waals surface area contributed by atoms with E-state index >= 15 is 0 Å². The highest BCUT2D eigenvalue weighted by Crippen LogP contribution is 2.36. The van der Waals surface area contributed by atoms with Gasteiger partial charge in [0.05, 0.1) is 35.0 Å². The molecule has 1 aliphatic rings. The molecule has 7 nitrogen and oxygen atoms in total. The second-order valence-corrected chi connectivity index (χ2v) is 8.62. The van der Waals surface area contributed by atoms with Crippen molar-refractivity contribution in [2.45, 2.75) is 12.8 Å². The Balaban J connectivity index is 1.39. The summed E-state index contributed by atoms with van der Waals surface area (Å²) in [5.41, 5.74) is 7.38. The molecule has 1 fully saturated rings. The number of nitrogens with zero attached hydrogens (tertiary/aromatic N) is 4. The molecule has 0 atom stereocenters. The third-order valence-electron chi connectivity index (χ3n) is 5.80. The van der Waals surface area contributed by atoms with E-state index in [1.807, 2.05) is 49.6 Å². The topological polar surface area (TPSA) is 81.8 Å². The van der Waals surface area contributed by atoms with Crippen LogP contribution in [0.3, 0.4) is 0 Å². The van der Waals surface area contributed by atoms with E-state index in [0.29, 0.717) is 11.6 Å². The summed E-state index contributed by atoms with van der Waals surface area (Å²) in [5.74, 6) is 1.48. The number of fused-ring (bicyclic) bond motifs is 1. The predicted molar refractivity (Wildman–Crippen MR) is 136 cm³/mol. The van der Waals surface area contributed by atoms with Crippen LogP contribution < -0.4 is 15.5 Å². The van der Waals surface area contributed by atoms with Gasteiger partial charge in [0, 0.05) is 36.9 Å². The van der Waals surface area contributed by atoms with Crippen molar-refractivity contribution in [1.82, 2.24) is 20.2 Å². The Morgan fingerprint density at radius 1 is 0.970 bits per heavy atom. The summed E-state index contributed by atoms with van der Waals surface area (Å²) < 4.78 is 0. The number of nitrogens with one attached hydrogen (secondary N) is 3. The first-order chi connectivity index (χ1) is 16.0. The molecule has 0 bridgehead atoms. The molecule has 0 aliphatic heterocycles. The average Bonchev–Trinajstić information content (AvgIpc) is 3.58. The van der Waals surface area contributed by atoms with Crippen LogP contribution in [-0.2, 0) is 0 Å². The number of aromatic amines is 1. The molecule has 0 unspecified atom stereocenters. The summed E-state index contributed by atoms with van der Waals surface area (Å²) in [7, 11) is 3.93. The molecule has 0 radical (unpaired) electrons. The maximum absolute atomic E-state index is 4.50. The van der Waals surface area contributed by atoms with Crippen LogP contribution in [0.2, 0.25) is 0 Å². The second-order valence-electron chi connectivity index (χ2n) is 8.62. The summed E-state index contributed by atoms with van der Waals surface area (Å²) in [6, 6.07) is 12.3. The fourth-order valence-electron chi connectivity index (χ4n) is 3.77. The van der Waals surface area contributed by atoms with Gasteiger partial charge in [0.1, 0.15) is 11.5 Å². The van der Waals surface area contributed by atoms with Crippen molar-refractivity contribution in [2.24, 2.45) is 5.92 Å². The molecule has 7 heteroatoms. The zero-order valence-electron chi connectivity index (χ0n) is 18.9. The van der Waals surface area contributed by atoms with Crippen molar-refractivity contribution in [2.75, 3.05) is 29.6 Å². The Hall–Kier alpha value is -4.13. The summed E-state index contributed by atoms with van der Waals surface area (Å²) >= 11 is 0. The Labute approximate surface area is 193 Å². The van der Waals surface area contributed by atoms with Crippen LogP contribution in [0.1, 0.15) is 18.5 Å². The van der Waals surface area contributed by atoms with Crippen molar-refractivity contribution in [3.8, 4) is 11.1 Å². The molecule has 0 spiro atoms. The zero-order valence-corrected chi connectivity index (χ0v) is 18.9. The number of H-pyrrole nitrogens is 1. The lowest BCUT2D eigenvalue weighted by molar-refractivity contribution is 1.02. The fourth-order valence-corrected chi connectivity index (χ4v) is 3.77. The van der Waals surface area contributed by atoms with Gasteiger partial charge in [0.15, 0.2) is 0 Å². The van der Waals surface area contributed by atoms with Gasteiger partial charge in [-0.2, -0.15) is 5.10 Å². The van der Waals surface area contributed by atoms with E-state index in [0.717, 1.165) is 50.6 Å². The molecule has 3 aromatic heterocycles.